The van der Waals surface area contributed by atoms with Gasteiger partial charge in [-0.05, 0) is 33.6 Å². The van der Waals surface area contributed by atoms with Gasteiger partial charge in [-0.15, -0.1) is 0 Å². The van der Waals surface area contributed by atoms with Gasteiger partial charge < -0.3 is 24.4 Å². The lowest BCUT2D eigenvalue weighted by Gasteiger charge is -2.36. The van der Waals surface area contributed by atoms with Crippen LogP contribution >= 0.6 is 0 Å². The van der Waals surface area contributed by atoms with Crippen LogP contribution < -0.4 is 0 Å². The second-order valence-electron chi connectivity index (χ2n) is 5.26. The highest BCUT2D eigenvalue weighted by molar-refractivity contribution is 5.81. The SMILES string of the molecule is CCOC(=O)/C=C\CC[C@@H](C)OC1O[C@@H](C)C(O)C[C@H]1O. The van der Waals surface area contributed by atoms with Crippen molar-refractivity contribution in [2.45, 2.75) is 70.7 Å². The van der Waals surface area contributed by atoms with Crippen molar-refractivity contribution in [1.29, 1.82) is 0 Å². The van der Waals surface area contributed by atoms with Gasteiger partial charge in [0.1, 0.15) is 6.10 Å². The van der Waals surface area contributed by atoms with Gasteiger partial charge in [0.05, 0.1) is 24.9 Å². The Labute approximate surface area is 125 Å². The van der Waals surface area contributed by atoms with Crippen molar-refractivity contribution >= 4 is 5.97 Å². The van der Waals surface area contributed by atoms with Crippen LogP contribution in [0.5, 0.6) is 0 Å². The van der Waals surface area contributed by atoms with Gasteiger partial charge in [-0.1, -0.05) is 6.08 Å². The van der Waals surface area contributed by atoms with Crippen LogP contribution in [-0.4, -0.2) is 53.5 Å². The van der Waals surface area contributed by atoms with Crippen molar-refractivity contribution in [2.75, 3.05) is 6.61 Å². The number of aliphatic hydroxyl groups excluding tert-OH is 2. The first kappa shape index (κ1) is 18.1. The molecule has 0 radical (unpaired) electrons. The van der Waals surface area contributed by atoms with Crippen molar-refractivity contribution in [3.8, 4) is 0 Å². The first-order chi connectivity index (χ1) is 9.93. The van der Waals surface area contributed by atoms with Crippen molar-refractivity contribution in [3.63, 3.8) is 0 Å². The second kappa shape index (κ2) is 9.15. The smallest absolute Gasteiger partial charge is 0.330 e. The fourth-order valence-electron chi connectivity index (χ4n) is 2.06. The van der Waals surface area contributed by atoms with Crippen LogP contribution in [-0.2, 0) is 19.0 Å². The van der Waals surface area contributed by atoms with E-state index in [1.165, 1.54) is 6.08 Å². The number of aliphatic hydroxyl groups is 2. The minimum absolute atomic E-state index is 0.126. The van der Waals surface area contributed by atoms with Crippen LogP contribution in [0.2, 0.25) is 0 Å². The number of allylic oxidation sites excluding steroid dienone is 1. The zero-order valence-electron chi connectivity index (χ0n) is 12.9. The minimum atomic E-state index is -0.825. The van der Waals surface area contributed by atoms with Crippen LogP contribution in [0.25, 0.3) is 0 Å². The zero-order chi connectivity index (χ0) is 15.8. The van der Waals surface area contributed by atoms with Crippen molar-refractivity contribution in [2.24, 2.45) is 0 Å². The summed E-state index contributed by atoms with van der Waals surface area (Å²) >= 11 is 0. The lowest BCUT2D eigenvalue weighted by molar-refractivity contribution is -0.273. The van der Waals surface area contributed by atoms with Gasteiger partial charge in [0, 0.05) is 12.5 Å². The van der Waals surface area contributed by atoms with Gasteiger partial charge in [-0.3, -0.25) is 0 Å². The fraction of sp³-hybridized carbons (Fsp3) is 0.800. The quantitative estimate of drug-likeness (QED) is 0.542. The first-order valence-electron chi connectivity index (χ1n) is 7.44. The van der Waals surface area contributed by atoms with E-state index >= 15 is 0 Å². The van der Waals surface area contributed by atoms with Crippen LogP contribution in [0.4, 0.5) is 0 Å². The predicted octanol–water partition coefficient (Wildman–Crippen LogP) is 1.15. The Bertz CT molecular complexity index is 343. The van der Waals surface area contributed by atoms with Crippen LogP contribution in [0.3, 0.4) is 0 Å². The number of ether oxygens (including phenoxy) is 3. The van der Waals surface area contributed by atoms with E-state index in [1.54, 1.807) is 19.9 Å². The Morgan fingerprint density at radius 3 is 2.81 bits per heavy atom. The highest BCUT2D eigenvalue weighted by Crippen LogP contribution is 2.22. The summed E-state index contributed by atoms with van der Waals surface area (Å²) in [5.41, 5.74) is 0. The molecular weight excluding hydrogens is 276 g/mol. The number of carbonyl (C=O) groups excluding carboxylic acids is 1. The molecule has 1 aliphatic rings. The Morgan fingerprint density at radius 1 is 1.43 bits per heavy atom. The molecule has 6 heteroatoms. The maximum Gasteiger partial charge on any atom is 0.330 e. The van der Waals surface area contributed by atoms with E-state index in [9.17, 15) is 15.0 Å². The lowest BCUT2D eigenvalue weighted by atomic mass is 10.0. The molecule has 122 valence electrons. The normalized spacial score (nSPS) is 31.3. The van der Waals surface area contributed by atoms with Crippen LogP contribution in [0.1, 0.15) is 40.0 Å². The molecule has 1 heterocycles. The number of rotatable bonds is 7. The van der Waals surface area contributed by atoms with Gasteiger partial charge in [0.15, 0.2) is 6.29 Å². The van der Waals surface area contributed by atoms with E-state index in [1.807, 2.05) is 6.92 Å². The summed E-state index contributed by atoms with van der Waals surface area (Å²) in [6.07, 6.45) is 2.07. The Hall–Kier alpha value is -0.950. The maximum absolute atomic E-state index is 11.1. The van der Waals surface area contributed by atoms with Gasteiger partial charge in [0.25, 0.3) is 0 Å². The summed E-state index contributed by atoms with van der Waals surface area (Å²) in [4.78, 5) is 11.1. The summed E-state index contributed by atoms with van der Waals surface area (Å²) in [5.74, 6) is -0.347. The Kier molecular flexibility index (Phi) is 7.88. The van der Waals surface area contributed by atoms with E-state index in [4.69, 9.17) is 14.2 Å². The van der Waals surface area contributed by atoms with Gasteiger partial charge in [0.2, 0.25) is 0 Å². The molecule has 2 unspecified atom stereocenters. The minimum Gasteiger partial charge on any atom is -0.463 e. The van der Waals surface area contributed by atoms with Crippen molar-refractivity contribution in [3.05, 3.63) is 12.2 Å². The van der Waals surface area contributed by atoms with Crippen molar-refractivity contribution < 1.29 is 29.2 Å². The number of esters is 1. The third kappa shape index (κ3) is 6.56. The van der Waals surface area contributed by atoms with E-state index in [2.05, 4.69) is 0 Å². The maximum atomic E-state index is 11.1. The number of hydrogen-bond donors (Lipinski definition) is 2. The average molecular weight is 302 g/mol. The van der Waals surface area contributed by atoms with Crippen LogP contribution in [0.15, 0.2) is 12.2 Å². The highest BCUT2D eigenvalue weighted by Gasteiger charge is 2.35. The van der Waals surface area contributed by atoms with Gasteiger partial charge >= 0.3 is 5.97 Å². The lowest BCUT2D eigenvalue weighted by Crippen LogP contribution is -2.48. The summed E-state index contributed by atoms with van der Waals surface area (Å²) in [7, 11) is 0. The predicted molar refractivity (Wildman–Crippen MR) is 76.5 cm³/mol. The molecule has 2 N–H and O–H groups in total. The summed E-state index contributed by atoms with van der Waals surface area (Å²) < 4.78 is 15.9. The molecule has 1 aliphatic heterocycles. The molecule has 6 nitrogen and oxygen atoms in total. The summed E-state index contributed by atoms with van der Waals surface area (Å²) in [6, 6.07) is 0. The third-order valence-corrected chi connectivity index (χ3v) is 3.33. The van der Waals surface area contributed by atoms with E-state index in [0.717, 1.165) is 0 Å². The molecule has 0 bridgehead atoms. The van der Waals surface area contributed by atoms with Crippen LogP contribution in [0, 0.1) is 0 Å². The average Bonchev–Trinajstić information content (AvgIpc) is 2.41. The highest BCUT2D eigenvalue weighted by atomic mass is 16.7. The molecule has 1 saturated heterocycles. The molecule has 1 fully saturated rings. The monoisotopic (exact) mass is 302 g/mol. The van der Waals surface area contributed by atoms with E-state index in [-0.39, 0.29) is 24.6 Å². The standard InChI is InChI=1S/C15H26O6/c1-4-19-14(18)8-6-5-7-10(2)20-15-13(17)9-12(16)11(3)21-15/h6,8,10-13,15-17H,4-5,7,9H2,1-3H3/b8-6-/t10-,11+,12?,13-,15?/m1/s1. The third-order valence-electron chi connectivity index (χ3n) is 3.33. The number of hydrogen-bond acceptors (Lipinski definition) is 6. The van der Waals surface area contributed by atoms with Gasteiger partial charge in [-0.2, -0.15) is 0 Å². The topological polar surface area (TPSA) is 85.2 Å². The zero-order valence-corrected chi connectivity index (χ0v) is 12.9. The molecule has 0 aromatic rings. The molecule has 0 aromatic heterocycles. The molecule has 5 atom stereocenters. The molecule has 1 rings (SSSR count). The number of carbonyl (C=O) groups is 1. The largest absolute Gasteiger partial charge is 0.463 e. The first-order valence-corrected chi connectivity index (χ1v) is 7.44. The molecule has 0 aromatic carbocycles. The molecule has 0 spiro atoms. The van der Waals surface area contributed by atoms with E-state index < -0.39 is 18.5 Å². The van der Waals surface area contributed by atoms with Crippen molar-refractivity contribution in [1.82, 2.24) is 0 Å². The molecule has 0 saturated carbocycles. The Morgan fingerprint density at radius 2 is 2.14 bits per heavy atom. The summed E-state index contributed by atoms with van der Waals surface area (Å²) in [6.45, 7) is 5.75. The molecular formula is C15H26O6. The summed E-state index contributed by atoms with van der Waals surface area (Å²) in [5, 5.41) is 19.4. The second-order valence-corrected chi connectivity index (χ2v) is 5.26. The molecule has 0 amide bonds. The van der Waals surface area contributed by atoms with Gasteiger partial charge in [-0.25, -0.2) is 4.79 Å². The Balaban J connectivity index is 2.27. The molecule has 0 aliphatic carbocycles. The fourth-order valence-corrected chi connectivity index (χ4v) is 2.06. The molecule has 21 heavy (non-hydrogen) atoms. The van der Waals surface area contributed by atoms with E-state index in [0.29, 0.717) is 19.4 Å².